The van der Waals surface area contributed by atoms with E-state index in [0.29, 0.717) is 11.8 Å². The lowest BCUT2D eigenvalue weighted by molar-refractivity contribution is 0.483. The van der Waals surface area contributed by atoms with E-state index in [4.69, 9.17) is 9.72 Å². The summed E-state index contributed by atoms with van der Waals surface area (Å²) in [5.41, 5.74) is 7.03. The van der Waals surface area contributed by atoms with Crippen LogP contribution in [0.25, 0.3) is 17.1 Å². The minimum absolute atomic E-state index is 0.393. The van der Waals surface area contributed by atoms with Crippen molar-refractivity contribution in [1.82, 2.24) is 14.5 Å². The summed E-state index contributed by atoms with van der Waals surface area (Å²) < 4.78 is 8.64. The zero-order chi connectivity index (χ0) is 27.8. The van der Waals surface area contributed by atoms with Crippen molar-refractivity contribution in [1.29, 1.82) is 0 Å². The van der Waals surface area contributed by atoms with Gasteiger partial charge in [-0.2, -0.15) is 0 Å². The number of anilines is 3. The molecule has 1 aliphatic heterocycles. The zero-order valence-electron chi connectivity index (χ0n) is 23.7. The number of aromatic nitrogens is 3. The second-order valence-corrected chi connectivity index (χ2v) is 11.0. The number of para-hydroxylation sites is 1. The molecule has 202 valence electrons. The number of hydrogen-bond acceptors (Lipinski definition) is 5. The van der Waals surface area contributed by atoms with Crippen LogP contribution in [-0.4, -0.2) is 28.3 Å². The standard InChI is InChI=1S/C34H35N5O/c1-23(2)29-14-8-15-30(24(3)4)32(29)38-19-18-36-33(38)25-10-6-12-27(20-25)40-28-13-7-11-26(21-28)39-22-37(5)34-31(39)16-9-17-35-34/h6-21,23-24H,22H2,1-5H3. The topological polar surface area (TPSA) is 46.4 Å². The highest BCUT2D eigenvalue weighted by molar-refractivity contribution is 5.79. The summed E-state index contributed by atoms with van der Waals surface area (Å²) in [6.07, 6.45) is 5.79. The summed E-state index contributed by atoms with van der Waals surface area (Å²) in [7, 11) is 2.06. The summed E-state index contributed by atoms with van der Waals surface area (Å²) in [5.74, 6) is 4.22. The average molecular weight is 530 g/mol. The highest BCUT2D eigenvalue weighted by atomic mass is 16.5. The van der Waals surface area contributed by atoms with Crippen molar-refractivity contribution in [3.63, 3.8) is 0 Å². The first kappa shape index (κ1) is 25.7. The second-order valence-electron chi connectivity index (χ2n) is 11.0. The predicted octanol–water partition coefficient (Wildman–Crippen LogP) is 8.52. The number of pyridine rings is 1. The van der Waals surface area contributed by atoms with Gasteiger partial charge in [0.15, 0.2) is 5.82 Å². The lowest BCUT2D eigenvalue weighted by atomic mass is 9.92. The Bertz CT molecular complexity index is 1630. The third kappa shape index (κ3) is 4.70. The van der Waals surface area contributed by atoms with Crippen molar-refractivity contribution in [3.8, 4) is 28.6 Å². The van der Waals surface area contributed by atoms with Crippen LogP contribution in [-0.2, 0) is 0 Å². The van der Waals surface area contributed by atoms with Crippen LogP contribution in [0.1, 0.15) is 50.7 Å². The van der Waals surface area contributed by atoms with Gasteiger partial charge in [0.25, 0.3) is 0 Å². The van der Waals surface area contributed by atoms with E-state index in [2.05, 4.69) is 109 Å². The normalized spacial score (nSPS) is 12.9. The number of ether oxygens (including phenoxy) is 1. The van der Waals surface area contributed by atoms with E-state index in [-0.39, 0.29) is 0 Å². The molecule has 0 amide bonds. The van der Waals surface area contributed by atoms with Gasteiger partial charge in [-0.05, 0) is 59.4 Å². The fourth-order valence-electron chi connectivity index (χ4n) is 5.51. The Balaban J connectivity index is 1.32. The Kier molecular flexibility index (Phi) is 6.76. The molecule has 1 aliphatic rings. The molecule has 0 saturated carbocycles. The largest absolute Gasteiger partial charge is 0.457 e. The molecule has 5 aromatic rings. The lowest BCUT2D eigenvalue weighted by Crippen LogP contribution is -2.24. The monoisotopic (exact) mass is 529 g/mol. The average Bonchev–Trinajstić information content (AvgIpc) is 3.58. The molecule has 6 heteroatoms. The molecule has 6 rings (SSSR count). The van der Waals surface area contributed by atoms with Crippen LogP contribution in [0.5, 0.6) is 11.5 Å². The van der Waals surface area contributed by atoms with Gasteiger partial charge in [0, 0.05) is 43.0 Å². The molecule has 0 N–H and O–H groups in total. The number of rotatable bonds is 7. The molecule has 0 saturated heterocycles. The molecule has 3 aromatic carbocycles. The molecular weight excluding hydrogens is 494 g/mol. The number of hydrogen-bond donors (Lipinski definition) is 0. The number of fused-ring (bicyclic) bond motifs is 1. The van der Waals surface area contributed by atoms with E-state index in [9.17, 15) is 0 Å². The van der Waals surface area contributed by atoms with Gasteiger partial charge in [-0.25, -0.2) is 9.97 Å². The summed E-state index contributed by atoms with van der Waals surface area (Å²) in [6, 6.07) is 27.1. The lowest BCUT2D eigenvalue weighted by Gasteiger charge is -2.22. The van der Waals surface area contributed by atoms with E-state index < -0.39 is 0 Å². The van der Waals surface area contributed by atoms with Gasteiger partial charge in [-0.3, -0.25) is 4.57 Å². The first-order valence-electron chi connectivity index (χ1n) is 13.9. The van der Waals surface area contributed by atoms with Crippen LogP contribution in [0.3, 0.4) is 0 Å². The Morgan fingerprint density at radius 3 is 2.20 bits per heavy atom. The Morgan fingerprint density at radius 2 is 1.45 bits per heavy atom. The maximum absolute atomic E-state index is 6.41. The van der Waals surface area contributed by atoms with Gasteiger partial charge in [-0.15, -0.1) is 0 Å². The molecule has 0 spiro atoms. The van der Waals surface area contributed by atoms with Gasteiger partial charge in [0.2, 0.25) is 0 Å². The van der Waals surface area contributed by atoms with Crippen molar-refractivity contribution < 1.29 is 4.74 Å². The first-order valence-corrected chi connectivity index (χ1v) is 13.9. The van der Waals surface area contributed by atoms with Gasteiger partial charge < -0.3 is 14.5 Å². The predicted molar refractivity (Wildman–Crippen MR) is 163 cm³/mol. The molecule has 3 heterocycles. The van der Waals surface area contributed by atoms with Crippen molar-refractivity contribution in [2.75, 3.05) is 23.5 Å². The van der Waals surface area contributed by atoms with Gasteiger partial charge >= 0.3 is 0 Å². The van der Waals surface area contributed by atoms with E-state index in [1.165, 1.54) is 16.8 Å². The maximum Gasteiger partial charge on any atom is 0.153 e. The quantitative estimate of drug-likeness (QED) is 0.211. The molecular formula is C34H35N5O. The summed E-state index contributed by atoms with van der Waals surface area (Å²) >= 11 is 0. The molecule has 0 bridgehead atoms. The SMILES string of the molecule is CC(C)c1cccc(C(C)C)c1-n1ccnc1-c1cccc(Oc2cccc(N3CN(C)c4ncccc43)c2)c1. The van der Waals surface area contributed by atoms with Crippen molar-refractivity contribution in [3.05, 3.63) is 109 Å². The van der Waals surface area contributed by atoms with E-state index in [0.717, 1.165) is 46.7 Å². The zero-order valence-corrected chi connectivity index (χ0v) is 23.7. The molecule has 0 atom stereocenters. The van der Waals surface area contributed by atoms with E-state index in [1.54, 1.807) is 0 Å². The molecule has 40 heavy (non-hydrogen) atoms. The second kappa shape index (κ2) is 10.5. The number of imidazole rings is 1. The molecule has 0 fully saturated rings. The fourth-order valence-corrected chi connectivity index (χ4v) is 5.51. The Labute approximate surface area is 236 Å². The van der Waals surface area contributed by atoms with Gasteiger partial charge in [-0.1, -0.05) is 64.1 Å². The van der Waals surface area contributed by atoms with Crippen molar-refractivity contribution >= 4 is 17.2 Å². The van der Waals surface area contributed by atoms with Crippen LogP contribution in [0.15, 0.2) is 97.5 Å². The maximum atomic E-state index is 6.41. The summed E-state index contributed by atoms with van der Waals surface area (Å²) in [5, 5.41) is 0. The van der Waals surface area contributed by atoms with Crippen LogP contribution >= 0.6 is 0 Å². The molecule has 6 nitrogen and oxygen atoms in total. The molecule has 0 unspecified atom stereocenters. The van der Waals surface area contributed by atoms with Gasteiger partial charge in [0.1, 0.15) is 17.3 Å². The minimum Gasteiger partial charge on any atom is -0.457 e. The van der Waals surface area contributed by atoms with E-state index in [1.807, 2.05) is 42.7 Å². The van der Waals surface area contributed by atoms with Crippen LogP contribution in [0.4, 0.5) is 17.2 Å². The Hall–Kier alpha value is -4.58. The summed E-state index contributed by atoms with van der Waals surface area (Å²) in [6.45, 7) is 9.73. The highest BCUT2D eigenvalue weighted by Gasteiger charge is 2.25. The van der Waals surface area contributed by atoms with Gasteiger partial charge in [0.05, 0.1) is 18.0 Å². The number of benzene rings is 3. The highest BCUT2D eigenvalue weighted by Crippen LogP contribution is 2.40. The molecule has 0 radical (unpaired) electrons. The first-order chi connectivity index (χ1) is 19.4. The smallest absolute Gasteiger partial charge is 0.153 e. The third-order valence-electron chi connectivity index (χ3n) is 7.45. The minimum atomic E-state index is 0.393. The number of nitrogens with zero attached hydrogens (tertiary/aromatic N) is 5. The molecule has 0 aliphatic carbocycles. The summed E-state index contributed by atoms with van der Waals surface area (Å²) in [4.78, 5) is 13.7. The van der Waals surface area contributed by atoms with Crippen molar-refractivity contribution in [2.45, 2.75) is 39.5 Å². The van der Waals surface area contributed by atoms with Crippen molar-refractivity contribution in [2.24, 2.45) is 0 Å². The third-order valence-corrected chi connectivity index (χ3v) is 7.45. The van der Waals surface area contributed by atoms with E-state index >= 15 is 0 Å². The van der Waals surface area contributed by atoms with Crippen LogP contribution < -0.4 is 14.5 Å². The molecule has 2 aromatic heterocycles. The van der Waals surface area contributed by atoms with Crippen LogP contribution in [0, 0.1) is 0 Å². The van der Waals surface area contributed by atoms with Crippen LogP contribution in [0.2, 0.25) is 0 Å². The Morgan fingerprint density at radius 1 is 0.750 bits per heavy atom. The fraction of sp³-hybridized carbons (Fsp3) is 0.235.